The molecule has 0 radical (unpaired) electrons. The minimum absolute atomic E-state index is 0.00855. The first kappa shape index (κ1) is 27.3. The lowest BCUT2D eigenvalue weighted by atomic mass is 9.43. The van der Waals surface area contributed by atoms with Gasteiger partial charge in [0, 0.05) is 6.42 Å². The number of hydrogen-bond acceptors (Lipinski definition) is 2. The van der Waals surface area contributed by atoms with E-state index < -0.39 is 0 Å². The molecule has 0 unspecified atom stereocenters. The van der Waals surface area contributed by atoms with Crippen molar-refractivity contribution in [3.05, 3.63) is 11.6 Å². The molecule has 0 aliphatic heterocycles. The highest BCUT2D eigenvalue weighted by Gasteiger charge is 2.61. The van der Waals surface area contributed by atoms with E-state index in [0.29, 0.717) is 35.0 Å². The van der Waals surface area contributed by atoms with Gasteiger partial charge < -0.3 is 4.74 Å². The van der Waals surface area contributed by atoms with Gasteiger partial charge in [-0.1, -0.05) is 67.0 Å². The summed E-state index contributed by atoms with van der Waals surface area (Å²) < 4.78 is 5.93. The van der Waals surface area contributed by atoms with Gasteiger partial charge in [0.2, 0.25) is 0 Å². The number of carbonyl (C=O) groups excluding carboxylic acids is 1. The summed E-state index contributed by atoms with van der Waals surface area (Å²) in [7, 11) is 0. The molecule has 0 aromatic rings. The molecule has 0 N–H and O–H groups in total. The number of carbonyl (C=O) groups is 1. The fraction of sp³-hybridized carbons (Fsp3) is 0.909. The number of allylic oxidation sites excluding steroid dienone is 2. The minimum atomic E-state index is -0.00855. The van der Waals surface area contributed by atoms with Gasteiger partial charge in [-0.2, -0.15) is 0 Å². The first-order chi connectivity index (χ1) is 16.4. The minimum Gasteiger partial charge on any atom is -0.462 e. The maximum absolute atomic E-state index is 12.1. The van der Waals surface area contributed by atoms with E-state index in [1.165, 1.54) is 44.9 Å². The van der Waals surface area contributed by atoms with Gasteiger partial charge in [-0.15, -0.1) is 0 Å². The van der Waals surface area contributed by atoms with Gasteiger partial charge in [-0.05, 0) is 122 Å². The molecule has 0 spiro atoms. The molecule has 0 saturated heterocycles. The Labute approximate surface area is 217 Å². The molecule has 35 heavy (non-hydrogen) atoms. The van der Waals surface area contributed by atoms with Gasteiger partial charge in [0.25, 0.3) is 0 Å². The van der Waals surface area contributed by atoms with E-state index in [0.717, 1.165) is 41.9 Å². The molecule has 4 aliphatic rings. The van der Waals surface area contributed by atoms with E-state index in [9.17, 15) is 4.79 Å². The highest BCUT2D eigenvalue weighted by Crippen LogP contribution is 2.69. The zero-order chi connectivity index (χ0) is 25.7. The summed E-state index contributed by atoms with van der Waals surface area (Å²) >= 11 is 0. The molecule has 11 atom stereocenters. The van der Waals surface area contributed by atoms with Crippen molar-refractivity contribution in [2.45, 2.75) is 126 Å². The molecule has 2 nitrogen and oxygen atoms in total. The lowest BCUT2D eigenvalue weighted by molar-refractivity contribution is -0.174. The van der Waals surface area contributed by atoms with E-state index in [1.807, 2.05) is 6.92 Å². The summed E-state index contributed by atoms with van der Waals surface area (Å²) in [5.41, 5.74) is 2.56. The number of fused-ring (bicyclic) bond motifs is 5. The molecular formula is C33H56O2. The van der Waals surface area contributed by atoms with E-state index in [2.05, 4.69) is 61.5 Å². The monoisotopic (exact) mass is 484 g/mol. The van der Waals surface area contributed by atoms with Crippen molar-refractivity contribution in [2.75, 3.05) is 0 Å². The Bertz CT molecular complexity index is 797. The van der Waals surface area contributed by atoms with Gasteiger partial charge in [-0.25, -0.2) is 0 Å². The Morgan fingerprint density at radius 1 is 0.914 bits per heavy atom. The van der Waals surface area contributed by atoms with Crippen LogP contribution in [0.25, 0.3) is 0 Å². The van der Waals surface area contributed by atoms with Crippen LogP contribution in [-0.4, -0.2) is 12.1 Å². The van der Waals surface area contributed by atoms with E-state index >= 15 is 0 Å². The molecule has 200 valence electrons. The molecule has 0 aromatic heterocycles. The normalized spacial score (nSPS) is 45.3. The number of esters is 1. The summed E-state index contributed by atoms with van der Waals surface area (Å²) in [5, 5.41) is 0. The zero-order valence-corrected chi connectivity index (χ0v) is 24.5. The fourth-order valence-electron chi connectivity index (χ4n) is 10.2. The fourth-order valence-corrected chi connectivity index (χ4v) is 10.2. The zero-order valence-electron chi connectivity index (χ0n) is 24.5. The molecule has 4 fully saturated rings. The van der Waals surface area contributed by atoms with Crippen LogP contribution in [0.1, 0.15) is 120 Å². The molecule has 0 aromatic carbocycles. The van der Waals surface area contributed by atoms with Crippen molar-refractivity contribution >= 4 is 5.97 Å². The summed E-state index contributed by atoms with van der Waals surface area (Å²) in [6.07, 6.45) is 14.1. The van der Waals surface area contributed by atoms with Crippen LogP contribution in [0, 0.1) is 64.1 Å². The molecule has 0 heterocycles. The predicted octanol–water partition coefficient (Wildman–Crippen LogP) is 9.09. The molecule has 4 aliphatic carbocycles. The van der Waals surface area contributed by atoms with Crippen LogP contribution in [0.15, 0.2) is 11.6 Å². The Balaban J connectivity index is 1.50. The van der Waals surface area contributed by atoms with Crippen molar-refractivity contribution in [1.29, 1.82) is 0 Å². The number of ether oxygens (including phenoxy) is 1. The van der Waals surface area contributed by atoms with Crippen molar-refractivity contribution in [1.82, 2.24) is 0 Å². The van der Waals surface area contributed by atoms with Gasteiger partial charge in [0.15, 0.2) is 0 Å². The largest absolute Gasteiger partial charge is 0.462 e. The van der Waals surface area contributed by atoms with Crippen molar-refractivity contribution in [3.8, 4) is 0 Å². The van der Waals surface area contributed by atoms with Crippen LogP contribution in [0.3, 0.4) is 0 Å². The number of hydrogen-bond donors (Lipinski definition) is 0. The molecule has 4 rings (SSSR count). The third-order valence-corrected chi connectivity index (χ3v) is 12.7. The van der Waals surface area contributed by atoms with Crippen LogP contribution in [0.4, 0.5) is 0 Å². The smallest absolute Gasteiger partial charge is 0.305 e. The van der Waals surface area contributed by atoms with Gasteiger partial charge >= 0.3 is 5.97 Å². The molecule has 0 bridgehead atoms. The van der Waals surface area contributed by atoms with Gasteiger partial charge in [0.05, 0.1) is 0 Å². The first-order valence-electron chi connectivity index (χ1n) is 15.3. The topological polar surface area (TPSA) is 26.3 Å². The van der Waals surface area contributed by atoms with Crippen LogP contribution in [-0.2, 0) is 9.53 Å². The van der Waals surface area contributed by atoms with E-state index in [4.69, 9.17) is 4.74 Å². The number of rotatable bonds is 6. The highest BCUT2D eigenvalue weighted by atomic mass is 16.5. The van der Waals surface area contributed by atoms with Crippen molar-refractivity contribution in [3.63, 3.8) is 0 Å². The third-order valence-electron chi connectivity index (χ3n) is 12.7. The maximum atomic E-state index is 12.1. The van der Waals surface area contributed by atoms with Crippen LogP contribution in [0.5, 0.6) is 0 Å². The Kier molecular flexibility index (Phi) is 7.92. The summed E-state index contributed by atoms with van der Waals surface area (Å²) in [5.74, 6) is 6.85. The molecule has 2 heteroatoms. The predicted molar refractivity (Wildman–Crippen MR) is 147 cm³/mol. The Hall–Kier alpha value is -0.790. The lowest BCUT2D eigenvalue weighted by Crippen LogP contribution is -2.56. The van der Waals surface area contributed by atoms with E-state index in [1.54, 1.807) is 5.57 Å². The maximum Gasteiger partial charge on any atom is 0.305 e. The first-order valence-corrected chi connectivity index (χ1v) is 15.3. The second-order valence-corrected chi connectivity index (χ2v) is 14.4. The third kappa shape index (κ3) is 4.67. The molecule has 0 amide bonds. The lowest BCUT2D eigenvalue weighted by Gasteiger charge is -2.62. The summed E-state index contributed by atoms with van der Waals surface area (Å²) in [6, 6.07) is 0. The summed E-state index contributed by atoms with van der Waals surface area (Å²) in [4.78, 5) is 12.1. The quantitative estimate of drug-likeness (QED) is 0.277. The van der Waals surface area contributed by atoms with Crippen LogP contribution < -0.4 is 0 Å². The Morgan fingerprint density at radius 3 is 2.20 bits per heavy atom. The van der Waals surface area contributed by atoms with Crippen molar-refractivity contribution in [2.24, 2.45) is 64.1 Å². The van der Waals surface area contributed by atoms with E-state index in [-0.39, 0.29) is 12.1 Å². The highest BCUT2D eigenvalue weighted by molar-refractivity contribution is 5.69. The SMILES string of the molecule is CCC(=O)O[C@H]1CC[C@@]2(C)[C@@H](CC[C@@H]3[C@@H]2CC[C@]2(C)[C@@H]([C@H](C)/C=C(\C)[C@H](C)C(C)C)CC[C@@H]32)[C@@H]1C. The standard InChI is InChI=1S/C33H56O2/c1-10-31(34)35-30-16-18-33(9)27(24(30)7)12-11-25-28-14-13-26(32(28,8)17-15-29(25)33)22(5)19-21(4)23(6)20(2)3/h19-20,22-30H,10-18H2,1-9H3/b21-19+/t22-,23-,24+,25+,26-,27+,28+,29+,30+,32-,33+/m1/s1. The van der Waals surface area contributed by atoms with Crippen LogP contribution >= 0.6 is 0 Å². The molecular weight excluding hydrogens is 428 g/mol. The van der Waals surface area contributed by atoms with Crippen LogP contribution in [0.2, 0.25) is 0 Å². The summed E-state index contributed by atoms with van der Waals surface area (Å²) in [6.45, 7) is 21.7. The molecule has 4 saturated carbocycles. The Morgan fingerprint density at radius 2 is 1.54 bits per heavy atom. The van der Waals surface area contributed by atoms with Gasteiger partial charge in [-0.3, -0.25) is 4.79 Å². The van der Waals surface area contributed by atoms with Crippen molar-refractivity contribution < 1.29 is 9.53 Å². The second kappa shape index (κ2) is 10.2. The average Bonchev–Trinajstić information content (AvgIpc) is 3.17. The van der Waals surface area contributed by atoms with Gasteiger partial charge in [0.1, 0.15) is 6.10 Å². The average molecular weight is 485 g/mol. The second-order valence-electron chi connectivity index (χ2n) is 14.4.